The van der Waals surface area contributed by atoms with E-state index in [1.54, 1.807) is 0 Å². The Morgan fingerprint density at radius 1 is 1.16 bits per heavy atom. The maximum absolute atomic E-state index is 3.67. The van der Waals surface area contributed by atoms with E-state index in [0.717, 1.165) is 6.42 Å². The highest BCUT2D eigenvalue weighted by atomic mass is 14.8. The molecule has 0 saturated heterocycles. The zero-order chi connectivity index (χ0) is 15.3. The molecule has 0 aliphatic carbocycles. The lowest BCUT2D eigenvalue weighted by atomic mass is 10.2. The molecule has 1 nitrogen and oxygen atoms in total. The minimum absolute atomic E-state index is 1.11. The highest BCUT2D eigenvalue weighted by molar-refractivity contribution is 5.43. The van der Waals surface area contributed by atoms with E-state index in [-0.39, 0.29) is 0 Å². The molecule has 0 spiro atoms. The quantitative estimate of drug-likeness (QED) is 0.645. The first-order valence-corrected chi connectivity index (χ1v) is 6.85. The summed E-state index contributed by atoms with van der Waals surface area (Å²) in [6.07, 6.45) is 3.19. The molecule has 0 aliphatic heterocycles. The lowest BCUT2D eigenvalue weighted by Gasteiger charge is -1.97. The zero-order valence-corrected chi connectivity index (χ0v) is 13.8. The molecule has 1 aromatic rings. The van der Waals surface area contributed by atoms with E-state index in [1.807, 2.05) is 20.9 Å². The fraction of sp³-hybridized carbons (Fsp3) is 0.444. The van der Waals surface area contributed by atoms with Crippen LogP contribution in [-0.4, -0.2) is 7.05 Å². The molecule has 0 fully saturated rings. The number of anilines is 1. The average molecular weight is 261 g/mol. The summed E-state index contributed by atoms with van der Waals surface area (Å²) in [6.45, 7) is 16.1. The first kappa shape index (κ1) is 19.8. The minimum atomic E-state index is 1.11. The smallest absolute Gasteiger partial charge is 0.0337 e. The van der Waals surface area contributed by atoms with Gasteiger partial charge >= 0.3 is 0 Å². The van der Waals surface area contributed by atoms with Crippen molar-refractivity contribution in [2.75, 3.05) is 12.4 Å². The Hall–Kier alpha value is -1.50. The maximum atomic E-state index is 3.67. The van der Waals surface area contributed by atoms with Gasteiger partial charge in [0, 0.05) is 12.7 Å². The van der Waals surface area contributed by atoms with Gasteiger partial charge in [0.05, 0.1) is 0 Å². The predicted octanol–water partition coefficient (Wildman–Crippen LogP) is 5.98. The van der Waals surface area contributed by atoms with Gasteiger partial charge in [-0.15, -0.1) is 6.58 Å². The fourth-order valence-corrected chi connectivity index (χ4v) is 0.720. The molecule has 108 valence electrons. The van der Waals surface area contributed by atoms with E-state index in [0.29, 0.717) is 0 Å². The molecule has 1 N–H and O–H groups in total. The van der Waals surface area contributed by atoms with E-state index in [2.05, 4.69) is 69.9 Å². The third kappa shape index (κ3) is 16.5. The Labute approximate surface area is 120 Å². The Morgan fingerprint density at radius 3 is 1.74 bits per heavy atom. The summed E-state index contributed by atoms with van der Waals surface area (Å²) in [5.74, 6) is 0. The highest BCUT2D eigenvalue weighted by Gasteiger charge is 1.83. The van der Waals surface area contributed by atoms with Crippen LogP contribution in [0.25, 0.3) is 0 Å². The molecule has 1 rings (SSSR count). The van der Waals surface area contributed by atoms with Crippen LogP contribution in [0, 0.1) is 6.92 Å². The third-order valence-corrected chi connectivity index (χ3v) is 2.52. The molecule has 0 bridgehead atoms. The van der Waals surface area contributed by atoms with Crippen molar-refractivity contribution in [1.82, 2.24) is 0 Å². The minimum Gasteiger partial charge on any atom is -0.388 e. The Balaban J connectivity index is 0. The normalized spacial score (nSPS) is 8.16. The second-order valence-electron chi connectivity index (χ2n) is 4.79. The Bertz CT molecular complexity index is 354. The third-order valence-electron chi connectivity index (χ3n) is 2.52. The maximum Gasteiger partial charge on any atom is 0.0337 e. The van der Waals surface area contributed by atoms with Gasteiger partial charge in [-0.1, -0.05) is 41.8 Å². The summed E-state index contributed by atoms with van der Waals surface area (Å²) >= 11 is 0. The van der Waals surface area contributed by atoms with Gasteiger partial charge in [0.1, 0.15) is 0 Å². The number of aryl methyl sites for hydroxylation is 1. The highest BCUT2D eigenvalue weighted by Crippen LogP contribution is 2.06. The van der Waals surface area contributed by atoms with E-state index in [9.17, 15) is 0 Å². The van der Waals surface area contributed by atoms with Crippen molar-refractivity contribution >= 4 is 5.69 Å². The summed E-state index contributed by atoms with van der Waals surface area (Å²) in [4.78, 5) is 0. The Kier molecular flexibility index (Phi) is 13.5. The fourth-order valence-electron chi connectivity index (χ4n) is 0.720. The molecule has 0 saturated carbocycles. The van der Waals surface area contributed by atoms with Gasteiger partial charge in [-0.3, -0.25) is 0 Å². The van der Waals surface area contributed by atoms with Gasteiger partial charge in [0.25, 0.3) is 0 Å². The summed E-state index contributed by atoms with van der Waals surface area (Å²) in [5.41, 5.74) is 5.10. The average Bonchev–Trinajstić information content (AvgIpc) is 2.41. The molecule has 0 atom stereocenters. The number of hydrogen-bond acceptors (Lipinski definition) is 1. The predicted molar refractivity (Wildman–Crippen MR) is 90.9 cm³/mol. The number of benzene rings is 1. The van der Waals surface area contributed by atoms with Crippen molar-refractivity contribution in [3.63, 3.8) is 0 Å². The van der Waals surface area contributed by atoms with Crippen LogP contribution in [0.5, 0.6) is 0 Å². The van der Waals surface area contributed by atoms with Crippen LogP contribution in [0.2, 0.25) is 0 Å². The van der Waals surface area contributed by atoms with E-state index >= 15 is 0 Å². The van der Waals surface area contributed by atoms with Gasteiger partial charge in [0.15, 0.2) is 0 Å². The molecule has 0 aliphatic rings. The van der Waals surface area contributed by atoms with E-state index in [4.69, 9.17) is 0 Å². The number of rotatable bonds is 2. The lowest BCUT2D eigenvalue weighted by Crippen LogP contribution is -1.85. The molecule has 1 heteroatoms. The monoisotopic (exact) mass is 261 g/mol. The Morgan fingerprint density at radius 2 is 1.53 bits per heavy atom. The van der Waals surface area contributed by atoms with Crippen LogP contribution in [0.15, 0.2) is 48.1 Å². The van der Waals surface area contributed by atoms with E-state index < -0.39 is 0 Å². The molecule has 0 unspecified atom stereocenters. The topological polar surface area (TPSA) is 12.0 Å². The second-order valence-corrected chi connectivity index (χ2v) is 4.79. The van der Waals surface area contributed by atoms with E-state index in [1.165, 1.54) is 22.4 Å². The van der Waals surface area contributed by atoms with Crippen molar-refractivity contribution in [3.05, 3.63) is 53.6 Å². The van der Waals surface area contributed by atoms with Crippen molar-refractivity contribution in [1.29, 1.82) is 0 Å². The summed E-state index contributed by atoms with van der Waals surface area (Å²) in [5, 5.41) is 3.05. The zero-order valence-electron chi connectivity index (χ0n) is 13.8. The molecule has 0 radical (unpaired) electrons. The molecule has 0 aromatic heterocycles. The van der Waals surface area contributed by atoms with Crippen molar-refractivity contribution in [2.24, 2.45) is 0 Å². The van der Waals surface area contributed by atoms with Crippen molar-refractivity contribution in [3.8, 4) is 0 Å². The summed E-state index contributed by atoms with van der Waals surface area (Å²) in [6, 6.07) is 8.31. The van der Waals surface area contributed by atoms with Gasteiger partial charge in [0.2, 0.25) is 0 Å². The van der Waals surface area contributed by atoms with Crippen molar-refractivity contribution in [2.45, 2.75) is 48.0 Å². The summed E-state index contributed by atoms with van der Waals surface area (Å²) in [7, 11) is 1.92. The second kappa shape index (κ2) is 12.9. The van der Waals surface area contributed by atoms with Crippen LogP contribution in [0.4, 0.5) is 5.69 Å². The first-order chi connectivity index (χ1) is 8.87. The molecule has 0 heterocycles. The first-order valence-electron chi connectivity index (χ1n) is 6.85. The SMILES string of the molecule is C=C(C)CC.CC=C(C)C.CNc1ccc(C)cc1. The molecular weight excluding hydrogens is 230 g/mol. The number of allylic oxidation sites excluding steroid dienone is 3. The van der Waals surface area contributed by atoms with Crippen LogP contribution >= 0.6 is 0 Å². The van der Waals surface area contributed by atoms with Crippen LogP contribution in [0.1, 0.15) is 46.6 Å². The number of nitrogens with one attached hydrogen (secondary N) is 1. The van der Waals surface area contributed by atoms with Gasteiger partial charge in [-0.25, -0.2) is 0 Å². The van der Waals surface area contributed by atoms with Gasteiger partial charge in [-0.05, 0) is 53.2 Å². The number of hydrogen-bond donors (Lipinski definition) is 1. The summed E-state index contributed by atoms with van der Waals surface area (Å²) < 4.78 is 0. The molecule has 1 aromatic carbocycles. The van der Waals surface area contributed by atoms with Gasteiger partial charge in [-0.2, -0.15) is 0 Å². The largest absolute Gasteiger partial charge is 0.388 e. The lowest BCUT2D eigenvalue weighted by molar-refractivity contribution is 1.11. The van der Waals surface area contributed by atoms with Crippen molar-refractivity contribution < 1.29 is 0 Å². The molecule has 0 amide bonds. The van der Waals surface area contributed by atoms with Gasteiger partial charge < -0.3 is 5.32 Å². The molecule has 19 heavy (non-hydrogen) atoms. The van der Waals surface area contributed by atoms with Crippen LogP contribution in [0.3, 0.4) is 0 Å². The van der Waals surface area contributed by atoms with Crippen LogP contribution < -0.4 is 5.32 Å². The standard InChI is InChI=1S/C8H11N.2C5H10/c1-7-3-5-8(9-2)6-4-7;2*1-4-5(2)3/h3-6,9H,1-2H3;4H,1-3H3;2,4H2,1,3H3. The van der Waals surface area contributed by atoms with Crippen LogP contribution in [-0.2, 0) is 0 Å². The molecular formula is C18H31N.